The summed E-state index contributed by atoms with van der Waals surface area (Å²) in [5.74, 6) is 2.15. The molecule has 0 amide bonds. The molecule has 0 radical (unpaired) electrons. The Bertz CT molecular complexity index is 665. The first-order chi connectivity index (χ1) is 11.8. The maximum Gasteiger partial charge on any atom is 0.191 e. The summed E-state index contributed by atoms with van der Waals surface area (Å²) in [7, 11) is 3.26. The van der Waals surface area contributed by atoms with E-state index in [4.69, 9.17) is 9.47 Å². The average molecular weight is 456 g/mol. The molecule has 6 nitrogen and oxygen atoms in total. The second-order valence-corrected chi connectivity index (χ2v) is 5.02. The van der Waals surface area contributed by atoms with E-state index in [1.165, 1.54) is 0 Å². The van der Waals surface area contributed by atoms with Gasteiger partial charge in [0.25, 0.3) is 0 Å². The standard InChI is InChI=1S/C18H24N4O2.HI/c1-4-19-18(22-13-15-9-5-6-11-20-15)21-12-14-8-7-10-16(23-2)17(14)24-3;/h5-11H,4,12-13H2,1-3H3,(H2,19,21,22);1H. The van der Waals surface area contributed by atoms with Gasteiger partial charge in [-0.25, -0.2) is 4.99 Å². The van der Waals surface area contributed by atoms with Gasteiger partial charge < -0.3 is 20.1 Å². The van der Waals surface area contributed by atoms with Crippen LogP contribution in [0.2, 0.25) is 0 Å². The van der Waals surface area contributed by atoms with E-state index in [0.29, 0.717) is 24.6 Å². The summed E-state index contributed by atoms with van der Waals surface area (Å²) in [5, 5.41) is 6.51. The molecule has 0 bridgehead atoms. The highest BCUT2D eigenvalue weighted by Crippen LogP contribution is 2.30. The van der Waals surface area contributed by atoms with Crippen LogP contribution in [0.3, 0.4) is 0 Å². The summed E-state index contributed by atoms with van der Waals surface area (Å²) in [4.78, 5) is 8.91. The average Bonchev–Trinajstić information content (AvgIpc) is 2.64. The summed E-state index contributed by atoms with van der Waals surface area (Å²) in [6.45, 7) is 3.91. The van der Waals surface area contributed by atoms with Gasteiger partial charge in [-0.2, -0.15) is 0 Å². The van der Waals surface area contributed by atoms with Crippen LogP contribution in [0.1, 0.15) is 18.2 Å². The Morgan fingerprint density at radius 3 is 2.56 bits per heavy atom. The molecule has 0 fully saturated rings. The highest BCUT2D eigenvalue weighted by Gasteiger charge is 2.09. The number of hydrogen-bond acceptors (Lipinski definition) is 4. The quantitative estimate of drug-likeness (QED) is 0.381. The number of para-hydroxylation sites is 1. The molecule has 0 saturated carbocycles. The summed E-state index contributed by atoms with van der Waals surface area (Å²) in [6, 6.07) is 11.6. The molecule has 0 atom stereocenters. The van der Waals surface area contributed by atoms with Crippen molar-refractivity contribution in [3.63, 3.8) is 0 Å². The first-order valence-corrected chi connectivity index (χ1v) is 7.90. The van der Waals surface area contributed by atoms with Crippen molar-refractivity contribution in [3.05, 3.63) is 53.9 Å². The highest BCUT2D eigenvalue weighted by atomic mass is 127. The van der Waals surface area contributed by atoms with Crippen LogP contribution in [-0.4, -0.2) is 31.7 Å². The Labute approximate surface area is 166 Å². The number of pyridine rings is 1. The molecule has 0 spiro atoms. The smallest absolute Gasteiger partial charge is 0.191 e. The molecule has 136 valence electrons. The molecule has 2 N–H and O–H groups in total. The Morgan fingerprint density at radius 2 is 1.92 bits per heavy atom. The van der Waals surface area contributed by atoms with Gasteiger partial charge in [-0.05, 0) is 25.1 Å². The van der Waals surface area contributed by atoms with Crippen LogP contribution in [0.4, 0.5) is 0 Å². The Balaban J connectivity index is 0.00000312. The molecule has 0 unspecified atom stereocenters. The van der Waals surface area contributed by atoms with Crippen LogP contribution >= 0.6 is 24.0 Å². The molecule has 7 heteroatoms. The minimum Gasteiger partial charge on any atom is -0.493 e. The zero-order valence-corrected chi connectivity index (χ0v) is 17.1. The van der Waals surface area contributed by atoms with Crippen molar-refractivity contribution in [2.24, 2.45) is 4.99 Å². The fraction of sp³-hybridized carbons (Fsp3) is 0.333. The number of ether oxygens (including phenoxy) is 2. The number of hydrogen-bond donors (Lipinski definition) is 2. The summed E-state index contributed by atoms with van der Waals surface area (Å²) in [5.41, 5.74) is 1.92. The lowest BCUT2D eigenvalue weighted by Gasteiger charge is -2.13. The number of methoxy groups -OCH3 is 2. The van der Waals surface area contributed by atoms with E-state index >= 15 is 0 Å². The molecule has 25 heavy (non-hydrogen) atoms. The van der Waals surface area contributed by atoms with Gasteiger partial charge in [-0.1, -0.05) is 18.2 Å². The fourth-order valence-corrected chi connectivity index (χ4v) is 2.26. The van der Waals surface area contributed by atoms with Crippen molar-refractivity contribution < 1.29 is 9.47 Å². The maximum atomic E-state index is 5.44. The van der Waals surface area contributed by atoms with Crippen LogP contribution in [-0.2, 0) is 13.1 Å². The van der Waals surface area contributed by atoms with Gasteiger partial charge in [-0.15, -0.1) is 24.0 Å². The predicted molar refractivity (Wildman–Crippen MR) is 111 cm³/mol. The molecule has 0 aliphatic carbocycles. The molecule has 0 aliphatic heterocycles. The van der Waals surface area contributed by atoms with E-state index in [2.05, 4.69) is 20.6 Å². The molecular weight excluding hydrogens is 431 g/mol. The topological polar surface area (TPSA) is 67.8 Å². The minimum absolute atomic E-state index is 0. The van der Waals surface area contributed by atoms with Crippen molar-refractivity contribution in [2.75, 3.05) is 20.8 Å². The number of guanidine groups is 1. The highest BCUT2D eigenvalue weighted by molar-refractivity contribution is 14.0. The number of nitrogens with zero attached hydrogens (tertiary/aromatic N) is 2. The van der Waals surface area contributed by atoms with Crippen molar-refractivity contribution >= 4 is 29.9 Å². The van der Waals surface area contributed by atoms with E-state index < -0.39 is 0 Å². The van der Waals surface area contributed by atoms with E-state index in [0.717, 1.165) is 23.8 Å². The van der Waals surface area contributed by atoms with Crippen molar-refractivity contribution in [3.8, 4) is 11.5 Å². The second kappa shape index (κ2) is 11.5. The number of nitrogens with one attached hydrogen (secondary N) is 2. The first kappa shape index (κ1) is 21.0. The van der Waals surface area contributed by atoms with Crippen molar-refractivity contribution in [1.29, 1.82) is 0 Å². The van der Waals surface area contributed by atoms with Crippen molar-refractivity contribution in [2.45, 2.75) is 20.0 Å². The summed E-state index contributed by atoms with van der Waals surface area (Å²) < 4.78 is 10.8. The lowest BCUT2D eigenvalue weighted by molar-refractivity contribution is 0.352. The molecule has 2 rings (SSSR count). The number of rotatable bonds is 7. The van der Waals surface area contributed by atoms with Gasteiger partial charge in [0.05, 0.1) is 33.0 Å². The molecule has 0 saturated heterocycles. The fourth-order valence-electron chi connectivity index (χ4n) is 2.26. The van der Waals surface area contributed by atoms with Crippen LogP contribution < -0.4 is 20.1 Å². The molecular formula is C18H25IN4O2. The van der Waals surface area contributed by atoms with Crippen LogP contribution in [0.5, 0.6) is 11.5 Å². The van der Waals surface area contributed by atoms with E-state index in [1.54, 1.807) is 20.4 Å². The van der Waals surface area contributed by atoms with Crippen LogP contribution in [0, 0.1) is 0 Å². The normalized spacial score (nSPS) is 10.6. The Hall–Kier alpha value is -2.03. The van der Waals surface area contributed by atoms with Crippen LogP contribution in [0.15, 0.2) is 47.6 Å². The Kier molecular flexibility index (Phi) is 9.68. The maximum absolute atomic E-state index is 5.44. The summed E-state index contributed by atoms with van der Waals surface area (Å²) in [6.07, 6.45) is 1.78. The SMILES string of the molecule is CCNC(=NCc1cccc(OC)c1OC)NCc1ccccn1.I. The Morgan fingerprint density at radius 1 is 1.08 bits per heavy atom. The number of aromatic nitrogens is 1. The minimum atomic E-state index is 0. The van der Waals surface area contributed by atoms with Gasteiger partial charge in [0.1, 0.15) is 0 Å². The second-order valence-electron chi connectivity index (χ2n) is 5.02. The molecule has 2 aromatic rings. The van der Waals surface area contributed by atoms with E-state index in [9.17, 15) is 0 Å². The number of benzene rings is 1. The largest absolute Gasteiger partial charge is 0.493 e. The predicted octanol–water partition coefficient (Wildman–Crippen LogP) is 2.97. The lowest BCUT2D eigenvalue weighted by Crippen LogP contribution is -2.37. The van der Waals surface area contributed by atoms with Gasteiger partial charge >= 0.3 is 0 Å². The third kappa shape index (κ3) is 6.41. The van der Waals surface area contributed by atoms with Gasteiger partial charge in [0.2, 0.25) is 0 Å². The number of aliphatic imine (C=N–C) groups is 1. The monoisotopic (exact) mass is 456 g/mol. The van der Waals surface area contributed by atoms with Gasteiger partial charge in [-0.3, -0.25) is 4.98 Å². The van der Waals surface area contributed by atoms with Crippen LogP contribution in [0.25, 0.3) is 0 Å². The molecule has 0 aliphatic rings. The summed E-state index contributed by atoms with van der Waals surface area (Å²) >= 11 is 0. The first-order valence-electron chi connectivity index (χ1n) is 7.90. The molecule has 1 aromatic heterocycles. The molecule has 1 heterocycles. The van der Waals surface area contributed by atoms with Gasteiger partial charge in [0, 0.05) is 18.3 Å². The van der Waals surface area contributed by atoms with E-state index in [1.807, 2.05) is 43.3 Å². The van der Waals surface area contributed by atoms with Crippen molar-refractivity contribution in [1.82, 2.24) is 15.6 Å². The van der Waals surface area contributed by atoms with E-state index in [-0.39, 0.29) is 24.0 Å². The lowest BCUT2D eigenvalue weighted by atomic mass is 10.2. The third-order valence-corrected chi connectivity index (χ3v) is 3.40. The third-order valence-electron chi connectivity index (χ3n) is 3.40. The zero-order chi connectivity index (χ0) is 17.2. The van der Waals surface area contributed by atoms with Gasteiger partial charge in [0.15, 0.2) is 17.5 Å². The number of halogens is 1. The zero-order valence-electron chi connectivity index (χ0n) is 14.8. The molecule has 1 aromatic carbocycles.